The van der Waals surface area contributed by atoms with E-state index in [0.29, 0.717) is 6.61 Å². The number of hydrogen-bond acceptors (Lipinski definition) is 3. The van der Waals surface area contributed by atoms with Gasteiger partial charge in [0.2, 0.25) is 0 Å². The summed E-state index contributed by atoms with van der Waals surface area (Å²) in [5.74, 6) is 0.723. The lowest BCUT2D eigenvalue weighted by molar-refractivity contribution is -0.137. The third-order valence-corrected chi connectivity index (χ3v) is 3.88. The van der Waals surface area contributed by atoms with Crippen molar-refractivity contribution in [2.45, 2.75) is 40.5 Å². The number of rotatable bonds is 7. The first-order valence-corrected chi connectivity index (χ1v) is 8.77. The number of benzene rings is 1. The van der Waals surface area contributed by atoms with E-state index >= 15 is 0 Å². The first-order valence-electron chi connectivity index (χ1n) is 8.77. The predicted octanol–water partition coefficient (Wildman–Crippen LogP) is 5.85. The number of esters is 1. The van der Waals surface area contributed by atoms with Crippen LogP contribution in [0.1, 0.15) is 45.4 Å². The average Bonchev–Trinajstić information content (AvgIpc) is 2.93. The van der Waals surface area contributed by atoms with Crippen LogP contribution in [-0.2, 0) is 16.0 Å². The van der Waals surface area contributed by atoms with Gasteiger partial charge in [-0.25, -0.2) is 4.79 Å². The van der Waals surface area contributed by atoms with Gasteiger partial charge in [0, 0.05) is 23.4 Å². The average molecular weight is 338 g/mol. The van der Waals surface area contributed by atoms with Gasteiger partial charge in [-0.05, 0) is 44.4 Å². The van der Waals surface area contributed by atoms with Gasteiger partial charge in [-0.2, -0.15) is 0 Å². The number of ether oxygens (including phenoxy) is 1. The first kappa shape index (κ1) is 18.8. The van der Waals surface area contributed by atoms with E-state index in [1.54, 1.807) is 6.92 Å². The Hall–Kier alpha value is -2.55. The molecular weight excluding hydrogens is 312 g/mol. The van der Waals surface area contributed by atoms with Crippen molar-refractivity contribution in [2.75, 3.05) is 6.61 Å². The maximum Gasteiger partial charge on any atom is 0.330 e. The van der Waals surface area contributed by atoms with E-state index < -0.39 is 0 Å². The number of carbonyl (C=O) groups excluding carboxylic acids is 1. The fraction of sp³-hybridized carbons (Fsp3) is 0.318. The summed E-state index contributed by atoms with van der Waals surface area (Å²) in [5, 5.41) is 1.15. The molecule has 1 aromatic heterocycles. The molecule has 0 aliphatic heterocycles. The Labute approximate surface area is 149 Å². The monoisotopic (exact) mass is 338 g/mol. The smallest absolute Gasteiger partial charge is 0.330 e. The van der Waals surface area contributed by atoms with Crippen LogP contribution in [0.3, 0.4) is 0 Å². The van der Waals surface area contributed by atoms with Crippen LogP contribution in [0.15, 0.2) is 58.6 Å². The number of para-hydroxylation sites is 1. The van der Waals surface area contributed by atoms with Crippen molar-refractivity contribution >= 4 is 22.5 Å². The molecular formula is C22H26O3. The van der Waals surface area contributed by atoms with Gasteiger partial charge >= 0.3 is 5.97 Å². The predicted molar refractivity (Wildman–Crippen MR) is 103 cm³/mol. The highest BCUT2D eigenvalue weighted by Crippen LogP contribution is 2.32. The van der Waals surface area contributed by atoms with Crippen molar-refractivity contribution < 1.29 is 13.9 Å². The van der Waals surface area contributed by atoms with Crippen LogP contribution in [0.25, 0.3) is 16.5 Å². The van der Waals surface area contributed by atoms with Crippen LogP contribution < -0.4 is 0 Å². The van der Waals surface area contributed by atoms with Gasteiger partial charge in [0.25, 0.3) is 0 Å². The molecule has 0 N–H and O–H groups in total. The molecule has 0 aliphatic carbocycles. The molecule has 1 heterocycles. The minimum atomic E-state index is -0.309. The molecule has 0 spiro atoms. The lowest BCUT2D eigenvalue weighted by Crippen LogP contribution is -1.99. The van der Waals surface area contributed by atoms with E-state index in [-0.39, 0.29) is 5.97 Å². The van der Waals surface area contributed by atoms with Crippen LogP contribution in [0.4, 0.5) is 0 Å². The molecule has 25 heavy (non-hydrogen) atoms. The third-order valence-electron chi connectivity index (χ3n) is 3.88. The van der Waals surface area contributed by atoms with Gasteiger partial charge in [-0.3, -0.25) is 0 Å². The second-order valence-corrected chi connectivity index (χ2v) is 6.00. The summed E-state index contributed by atoms with van der Waals surface area (Å²) >= 11 is 0. The third kappa shape index (κ3) is 4.96. The SMILES string of the molecule is CCCc1oc2ccccc2c1\C(C)=C/C=C/C(C)=C/C(=O)OCC. The second-order valence-electron chi connectivity index (χ2n) is 6.00. The standard InChI is InChI=1S/C22H26O3/c1-5-10-20-22(18-13-7-8-14-19(18)25-20)17(4)12-9-11-16(3)15-21(23)24-6-2/h7-9,11-15H,5-6,10H2,1-4H3/b11-9+,16-15+,17-12-. The van der Waals surface area contributed by atoms with E-state index in [1.807, 2.05) is 37.3 Å². The Morgan fingerprint density at radius 2 is 1.96 bits per heavy atom. The maximum atomic E-state index is 11.4. The van der Waals surface area contributed by atoms with Crippen LogP contribution in [0.2, 0.25) is 0 Å². The summed E-state index contributed by atoms with van der Waals surface area (Å²) < 4.78 is 10.9. The van der Waals surface area contributed by atoms with Crippen molar-refractivity contribution in [3.05, 3.63) is 65.5 Å². The van der Waals surface area contributed by atoms with Crippen LogP contribution in [0.5, 0.6) is 0 Å². The maximum absolute atomic E-state index is 11.4. The molecule has 2 rings (SSSR count). The highest BCUT2D eigenvalue weighted by molar-refractivity contribution is 5.92. The van der Waals surface area contributed by atoms with E-state index in [0.717, 1.165) is 40.7 Å². The van der Waals surface area contributed by atoms with E-state index in [2.05, 4.69) is 26.0 Å². The zero-order valence-corrected chi connectivity index (χ0v) is 15.5. The first-order chi connectivity index (χ1) is 12.1. The zero-order valence-electron chi connectivity index (χ0n) is 15.5. The molecule has 3 nitrogen and oxygen atoms in total. The van der Waals surface area contributed by atoms with E-state index in [1.165, 1.54) is 11.6 Å². The summed E-state index contributed by atoms with van der Waals surface area (Å²) in [5.41, 5.74) is 4.10. The fourth-order valence-corrected chi connectivity index (χ4v) is 2.78. The van der Waals surface area contributed by atoms with Gasteiger partial charge in [0.15, 0.2) is 0 Å². The number of allylic oxidation sites excluding steroid dienone is 5. The fourth-order valence-electron chi connectivity index (χ4n) is 2.78. The Bertz CT molecular complexity index is 819. The number of carbonyl (C=O) groups is 1. The quantitative estimate of drug-likeness (QED) is 0.361. The molecule has 3 heteroatoms. The topological polar surface area (TPSA) is 39.4 Å². The molecule has 0 radical (unpaired) electrons. The molecule has 0 atom stereocenters. The molecule has 1 aromatic carbocycles. The van der Waals surface area contributed by atoms with E-state index in [9.17, 15) is 4.79 Å². The van der Waals surface area contributed by atoms with Crippen LogP contribution in [-0.4, -0.2) is 12.6 Å². The molecule has 0 saturated heterocycles. The molecule has 0 saturated carbocycles. The zero-order chi connectivity index (χ0) is 18.2. The number of furan rings is 1. The van der Waals surface area contributed by atoms with Gasteiger partial charge in [0.1, 0.15) is 11.3 Å². The van der Waals surface area contributed by atoms with Crippen molar-refractivity contribution in [3.63, 3.8) is 0 Å². The molecule has 0 aliphatic rings. The van der Waals surface area contributed by atoms with Gasteiger partial charge in [0.05, 0.1) is 6.61 Å². The Morgan fingerprint density at radius 3 is 2.68 bits per heavy atom. The lowest BCUT2D eigenvalue weighted by atomic mass is 10.0. The van der Waals surface area contributed by atoms with Crippen molar-refractivity contribution in [2.24, 2.45) is 0 Å². The summed E-state index contributed by atoms with van der Waals surface area (Å²) in [6.07, 6.45) is 9.37. The second kappa shape index (κ2) is 9.07. The number of fused-ring (bicyclic) bond motifs is 1. The minimum Gasteiger partial charge on any atom is -0.463 e. The Balaban J connectivity index is 2.27. The largest absolute Gasteiger partial charge is 0.463 e. The molecule has 132 valence electrons. The summed E-state index contributed by atoms with van der Waals surface area (Å²) in [4.78, 5) is 11.4. The van der Waals surface area contributed by atoms with Crippen LogP contribution >= 0.6 is 0 Å². The lowest BCUT2D eigenvalue weighted by Gasteiger charge is -2.02. The van der Waals surface area contributed by atoms with Crippen molar-refractivity contribution in [1.82, 2.24) is 0 Å². The Morgan fingerprint density at radius 1 is 1.20 bits per heavy atom. The van der Waals surface area contributed by atoms with Gasteiger partial charge < -0.3 is 9.15 Å². The minimum absolute atomic E-state index is 0.309. The van der Waals surface area contributed by atoms with Crippen molar-refractivity contribution in [3.8, 4) is 0 Å². The summed E-state index contributed by atoms with van der Waals surface area (Å²) in [6, 6.07) is 8.13. The highest BCUT2D eigenvalue weighted by atomic mass is 16.5. The van der Waals surface area contributed by atoms with E-state index in [4.69, 9.17) is 9.15 Å². The molecule has 0 amide bonds. The summed E-state index contributed by atoms with van der Waals surface area (Å²) in [7, 11) is 0. The van der Waals surface area contributed by atoms with Gasteiger partial charge in [-0.15, -0.1) is 0 Å². The Kier molecular flexibility index (Phi) is 6.81. The summed E-state index contributed by atoms with van der Waals surface area (Å²) in [6.45, 7) is 8.31. The molecule has 0 fully saturated rings. The van der Waals surface area contributed by atoms with Gasteiger partial charge in [-0.1, -0.05) is 43.4 Å². The molecule has 2 aromatic rings. The normalized spacial score (nSPS) is 13.0. The highest BCUT2D eigenvalue weighted by Gasteiger charge is 2.14. The number of aryl methyl sites for hydroxylation is 1. The molecule has 0 bridgehead atoms. The van der Waals surface area contributed by atoms with Crippen LogP contribution in [0, 0.1) is 0 Å². The van der Waals surface area contributed by atoms with Crippen molar-refractivity contribution in [1.29, 1.82) is 0 Å². The number of hydrogen-bond donors (Lipinski definition) is 0. The molecule has 0 unspecified atom stereocenters.